The van der Waals surface area contributed by atoms with Crippen molar-refractivity contribution in [2.24, 2.45) is 0 Å². The van der Waals surface area contributed by atoms with Gasteiger partial charge in [-0.15, -0.1) is 0 Å². The number of aryl methyl sites for hydroxylation is 1. The number of hydrogen-bond donors (Lipinski definition) is 0. The average molecular weight is 313 g/mol. The van der Waals surface area contributed by atoms with Crippen molar-refractivity contribution in [2.75, 3.05) is 6.26 Å². The molecule has 0 unspecified atom stereocenters. The van der Waals surface area contributed by atoms with E-state index in [1.54, 1.807) is 0 Å². The highest BCUT2D eigenvalue weighted by Gasteiger charge is 2.48. The highest BCUT2D eigenvalue weighted by atomic mass is 32.2. The van der Waals surface area contributed by atoms with Crippen LogP contribution in [0.1, 0.15) is 12.0 Å². The first-order chi connectivity index (χ1) is 10.8. The summed E-state index contributed by atoms with van der Waals surface area (Å²) in [7, 11) is 0. The summed E-state index contributed by atoms with van der Waals surface area (Å²) in [6, 6.07) is 20.1. The van der Waals surface area contributed by atoms with Crippen LogP contribution in [-0.4, -0.2) is 28.6 Å². The van der Waals surface area contributed by atoms with E-state index >= 15 is 0 Å². The number of ether oxygens (including phenoxy) is 1. The number of carbonyl (C=O) groups is 1. The topological polar surface area (TPSA) is 29.5 Å². The van der Waals surface area contributed by atoms with Gasteiger partial charge in [0.1, 0.15) is 5.75 Å². The summed E-state index contributed by atoms with van der Waals surface area (Å²) in [5, 5.41) is 0. The zero-order chi connectivity index (χ0) is 15.4. The van der Waals surface area contributed by atoms with E-state index in [1.807, 2.05) is 59.1 Å². The van der Waals surface area contributed by atoms with Gasteiger partial charge in [0.25, 0.3) is 5.91 Å². The summed E-state index contributed by atoms with van der Waals surface area (Å²) in [6.07, 6.45) is 3.43. The quantitative estimate of drug-likeness (QED) is 0.603. The molecule has 1 fully saturated rings. The predicted molar refractivity (Wildman–Crippen MR) is 89.8 cm³/mol. The second-order valence-electron chi connectivity index (χ2n) is 5.29. The van der Waals surface area contributed by atoms with Crippen molar-refractivity contribution in [3.05, 3.63) is 66.2 Å². The highest BCUT2D eigenvalue weighted by molar-refractivity contribution is 7.96. The van der Waals surface area contributed by atoms with Gasteiger partial charge in [-0.1, -0.05) is 60.5 Å². The van der Waals surface area contributed by atoms with Gasteiger partial charge in [-0.05, 0) is 30.5 Å². The number of carbonyl (C=O) groups excluding carboxylic acids is 1. The van der Waals surface area contributed by atoms with Crippen LogP contribution in [0.25, 0.3) is 0 Å². The summed E-state index contributed by atoms with van der Waals surface area (Å²) in [4.78, 5) is 12.2. The molecule has 3 nitrogen and oxygen atoms in total. The minimum absolute atomic E-state index is 0.0643. The summed E-state index contributed by atoms with van der Waals surface area (Å²) >= 11 is 1.48. The van der Waals surface area contributed by atoms with Crippen molar-refractivity contribution in [3.8, 4) is 5.75 Å². The molecule has 0 radical (unpaired) electrons. The molecule has 2 aromatic rings. The summed E-state index contributed by atoms with van der Waals surface area (Å²) < 4.78 is 7.72. The van der Waals surface area contributed by atoms with Gasteiger partial charge in [0.05, 0.1) is 6.04 Å². The van der Waals surface area contributed by atoms with Crippen LogP contribution in [0.4, 0.5) is 0 Å². The lowest BCUT2D eigenvalue weighted by Gasteiger charge is -2.45. The van der Waals surface area contributed by atoms with Gasteiger partial charge in [-0.2, -0.15) is 0 Å². The first kappa shape index (κ1) is 15.0. The molecule has 1 saturated heterocycles. The highest BCUT2D eigenvalue weighted by Crippen LogP contribution is 2.33. The van der Waals surface area contributed by atoms with Gasteiger partial charge in [-0.3, -0.25) is 9.10 Å². The number of β-lactam (4-membered cyclic amide) rings is 1. The molecule has 0 aromatic heterocycles. The fourth-order valence-electron chi connectivity index (χ4n) is 2.72. The molecule has 1 aliphatic rings. The first-order valence-corrected chi connectivity index (χ1v) is 8.60. The van der Waals surface area contributed by atoms with E-state index in [0.29, 0.717) is 0 Å². The minimum Gasteiger partial charge on any atom is -0.478 e. The Morgan fingerprint density at radius 2 is 1.68 bits per heavy atom. The van der Waals surface area contributed by atoms with Crippen LogP contribution in [0, 0.1) is 0 Å². The van der Waals surface area contributed by atoms with Crippen LogP contribution < -0.4 is 4.74 Å². The largest absolute Gasteiger partial charge is 0.478 e. The number of nitrogens with zero attached hydrogens (tertiary/aromatic N) is 1. The van der Waals surface area contributed by atoms with E-state index < -0.39 is 0 Å². The Bertz CT molecular complexity index is 617. The van der Waals surface area contributed by atoms with E-state index in [9.17, 15) is 4.79 Å². The number of benzene rings is 2. The molecule has 1 heterocycles. The van der Waals surface area contributed by atoms with E-state index in [1.165, 1.54) is 17.5 Å². The SMILES string of the molecule is CSN1C(=O)[C@H](Oc2ccccc2)[C@@H]1CCc1ccccc1. The van der Waals surface area contributed by atoms with Crippen molar-refractivity contribution < 1.29 is 9.53 Å². The molecule has 0 aliphatic carbocycles. The lowest BCUT2D eigenvalue weighted by atomic mass is 9.94. The van der Waals surface area contributed by atoms with E-state index in [0.717, 1.165) is 18.6 Å². The van der Waals surface area contributed by atoms with Gasteiger partial charge in [0.2, 0.25) is 0 Å². The maximum absolute atomic E-state index is 12.2. The average Bonchev–Trinajstić information content (AvgIpc) is 2.58. The third kappa shape index (κ3) is 3.12. The monoisotopic (exact) mass is 313 g/mol. The molecule has 2 atom stereocenters. The summed E-state index contributed by atoms with van der Waals surface area (Å²) in [5.74, 6) is 0.820. The Kier molecular flexibility index (Phi) is 4.68. The molecule has 1 aliphatic heterocycles. The Morgan fingerprint density at radius 1 is 1.05 bits per heavy atom. The van der Waals surface area contributed by atoms with Crippen LogP contribution in [0.5, 0.6) is 5.75 Å². The number of hydrogen-bond acceptors (Lipinski definition) is 3. The molecular weight excluding hydrogens is 294 g/mol. The molecule has 0 saturated carbocycles. The molecule has 3 rings (SSSR count). The molecule has 2 aromatic carbocycles. The normalized spacial score (nSPS) is 20.6. The maximum atomic E-state index is 12.2. The zero-order valence-electron chi connectivity index (χ0n) is 12.5. The second-order valence-corrected chi connectivity index (χ2v) is 6.05. The van der Waals surface area contributed by atoms with Gasteiger partial charge in [0, 0.05) is 6.26 Å². The molecule has 0 N–H and O–H groups in total. The molecule has 114 valence electrons. The van der Waals surface area contributed by atoms with Gasteiger partial charge >= 0.3 is 0 Å². The third-order valence-corrected chi connectivity index (χ3v) is 4.73. The molecule has 0 spiro atoms. The number of para-hydroxylation sites is 1. The van der Waals surface area contributed by atoms with Crippen LogP contribution in [0.3, 0.4) is 0 Å². The lowest BCUT2D eigenvalue weighted by molar-refractivity contribution is -0.151. The van der Waals surface area contributed by atoms with Crippen molar-refractivity contribution >= 4 is 17.9 Å². The van der Waals surface area contributed by atoms with Gasteiger partial charge in [-0.25, -0.2) is 0 Å². The van der Waals surface area contributed by atoms with E-state index in [4.69, 9.17) is 4.74 Å². The Morgan fingerprint density at radius 3 is 2.32 bits per heavy atom. The minimum atomic E-state index is -0.362. The Hall–Kier alpha value is -1.94. The van der Waals surface area contributed by atoms with Crippen molar-refractivity contribution in [2.45, 2.75) is 25.0 Å². The lowest BCUT2D eigenvalue weighted by Crippen LogP contribution is -2.63. The Balaban J connectivity index is 1.65. The summed E-state index contributed by atoms with van der Waals surface area (Å²) in [6.45, 7) is 0. The van der Waals surface area contributed by atoms with Gasteiger partial charge in [0.15, 0.2) is 6.10 Å². The predicted octanol–water partition coefficient (Wildman–Crippen LogP) is 3.56. The molecule has 4 heteroatoms. The fraction of sp³-hybridized carbons (Fsp3) is 0.278. The molecular formula is C18H19NO2S. The molecule has 1 amide bonds. The number of amides is 1. The smallest absolute Gasteiger partial charge is 0.276 e. The van der Waals surface area contributed by atoms with E-state index in [-0.39, 0.29) is 18.1 Å². The number of rotatable bonds is 6. The molecule has 22 heavy (non-hydrogen) atoms. The maximum Gasteiger partial charge on any atom is 0.276 e. The van der Waals surface area contributed by atoms with Crippen molar-refractivity contribution in [1.29, 1.82) is 0 Å². The first-order valence-electron chi connectivity index (χ1n) is 7.42. The Labute approximate surface area is 135 Å². The standard InChI is InChI=1S/C18H19NO2S/c1-22-19-16(13-12-14-8-4-2-5-9-14)17(18(19)20)21-15-10-6-3-7-11-15/h2-11,16-17H,12-13H2,1H3/t16-,17+/m0/s1. The van der Waals surface area contributed by atoms with Crippen molar-refractivity contribution in [3.63, 3.8) is 0 Å². The van der Waals surface area contributed by atoms with Crippen LogP contribution in [0.2, 0.25) is 0 Å². The fourth-order valence-corrected chi connectivity index (χ4v) is 3.49. The van der Waals surface area contributed by atoms with E-state index in [2.05, 4.69) is 12.1 Å². The van der Waals surface area contributed by atoms with Crippen LogP contribution in [-0.2, 0) is 11.2 Å². The van der Waals surface area contributed by atoms with Gasteiger partial charge < -0.3 is 4.74 Å². The third-order valence-electron chi connectivity index (χ3n) is 3.89. The van der Waals surface area contributed by atoms with Crippen LogP contribution >= 0.6 is 11.9 Å². The zero-order valence-corrected chi connectivity index (χ0v) is 13.3. The second kappa shape index (κ2) is 6.88. The molecule has 0 bridgehead atoms. The van der Waals surface area contributed by atoms with Crippen molar-refractivity contribution in [1.82, 2.24) is 4.31 Å². The van der Waals surface area contributed by atoms with Crippen LogP contribution in [0.15, 0.2) is 60.7 Å². The summed E-state index contributed by atoms with van der Waals surface area (Å²) in [5.41, 5.74) is 1.29.